The Morgan fingerprint density at radius 2 is 2.05 bits per heavy atom. The van der Waals surface area contributed by atoms with Gasteiger partial charge in [0.15, 0.2) is 5.84 Å². The van der Waals surface area contributed by atoms with Gasteiger partial charge >= 0.3 is 0 Å². The Kier molecular flexibility index (Phi) is 6.45. The maximum Gasteiger partial charge on any atom is 0.173 e. The van der Waals surface area contributed by atoms with Gasteiger partial charge in [-0.3, -0.25) is 0 Å². The van der Waals surface area contributed by atoms with Crippen LogP contribution in [-0.2, 0) is 6.54 Å². The molecule has 0 aliphatic rings. The van der Waals surface area contributed by atoms with E-state index in [-0.39, 0.29) is 5.84 Å². The van der Waals surface area contributed by atoms with Gasteiger partial charge in [0.2, 0.25) is 0 Å². The summed E-state index contributed by atoms with van der Waals surface area (Å²) in [5, 5.41) is 25.3. The van der Waals surface area contributed by atoms with Crippen molar-refractivity contribution >= 4 is 5.84 Å². The Balaban J connectivity index is 2.77. The molecule has 0 amide bonds. The Morgan fingerprint density at radius 3 is 2.57 bits per heavy atom. The predicted octanol–water partition coefficient (Wildman–Crippen LogP) is 1.43. The molecule has 0 atom stereocenters. The van der Waals surface area contributed by atoms with Crippen molar-refractivity contribution < 1.29 is 15.1 Å². The average Bonchev–Trinajstić information content (AvgIpc) is 2.53. The van der Waals surface area contributed by atoms with E-state index >= 15 is 0 Å². The number of methoxy groups -OCH3 is 1. The highest BCUT2D eigenvalue weighted by Crippen LogP contribution is 2.20. The van der Waals surface area contributed by atoms with E-state index in [9.17, 15) is 5.11 Å². The largest absolute Gasteiger partial charge is 0.496 e. The highest BCUT2D eigenvalue weighted by molar-refractivity contribution is 5.99. The summed E-state index contributed by atoms with van der Waals surface area (Å²) < 4.78 is 5.18. The van der Waals surface area contributed by atoms with E-state index in [4.69, 9.17) is 15.7 Å². The lowest BCUT2D eigenvalue weighted by atomic mass is 9.97. The van der Waals surface area contributed by atoms with E-state index in [0.29, 0.717) is 37.2 Å². The lowest BCUT2D eigenvalue weighted by molar-refractivity contribution is 0.0323. The number of oxime groups is 1. The first kappa shape index (κ1) is 17.3. The van der Waals surface area contributed by atoms with Crippen LogP contribution < -0.4 is 15.8 Å². The van der Waals surface area contributed by atoms with Gasteiger partial charge in [0.25, 0.3) is 0 Å². The van der Waals surface area contributed by atoms with Crippen molar-refractivity contribution in [2.24, 2.45) is 10.9 Å². The molecule has 0 radical (unpaired) electrons. The third-order valence-corrected chi connectivity index (χ3v) is 3.75. The molecule has 0 aliphatic carbocycles. The second-order valence-electron chi connectivity index (χ2n) is 5.05. The van der Waals surface area contributed by atoms with Crippen LogP contribution in [0.3, 0.4) is 0 Å². The van der Waals surface area contributed by atoms with E-state index in [1.807, 2.05) is 19.9 Å². The van der Waals surface area contributed by atoms with Crippen LogP contribution in [0.2, 0.25) is 0 Å². The first-order valence-electron chi connectivity index (χ1n) is 7.07. The number of hydrogen-bond acceptors (Lipinski definition) is 5. The number of rotatable bonds is 8. The van der Waals surface area contributed by atoms with Gasteiger partial charge in [-0.15, -0.1) is 0 Å². The number of amidine groups is 1. The molecular weight excluding hydrogens is 270 g/mol. The lowest BCUT2D eigenvalue weighted by Gasteiger charge is -2.25. The summed E-state index contributed by atoms with van der Waals surface area (Å²) in [6.07, 6.45) is 1.41. The number of aliphatic hydroxyl groups is 1. The monoisotopic (exact) mass is 295 g/mol. The molecule has 0 bridgehead atoms. The zero-order chi connectivity index (χ0) is 15.9. The Bertz CT molecular complexity index is 485. The van der Waals surface area contributed by atoms with Crippen LogP contribution in [0.15, 0.2) is 23.4 Å². The summed E-state index contributed by atoms with van der Waals surface area (Å²) in [7, 11) is 1.53. The molecule has 0 unspecified atom stereocenters. The molecule has 5 N–H and O–H groups in total. The van der Waals surface area contributed by atoms with Gasteiger partial charge in [-0.2, -0.15) is 0 Å². The maximum absolute atomic E-state index is 10.2. The van der Waals surface area contributed by atoms with Gasteiger partial charge in [0, 0.05) is 13.1 Å². The molecular formula is C15H25N3O3. The van der Waals surface area contributed by atoms with E-state index in [1.165, 1.54) is 7.11 Å². The zero-order valence-corrected chi connectivity index (χ0v) is 12.9. The quantitative estimate of drug-likeness (QED) is 0.252. The summed E-state index contributed by atoms with van der Waals surface area (Å²) in [5.41, 5.74) is 6.47. The summed E-state index contributed by atoms with van der Waals surface area (Å²) in [5.74, 6) is 0.556. The second kappa shape index (κ2) is 7.85. The van der Waals surface area contributed by atoms with Crippen LogP contribution in [0.4, 0.5) is 0 Å². The molecule has 1 aromatic rings. The van der Waals surface area contributed by atoms with E-state index in [1.54, 1.807) is 12.1 Å². The van der Waals surface area contributed by atoms with Gasteiger partial charge < -0.3 is 26.1 Å². The molecule has 0 fully saturated rings. The Labute approximate surface area is 125 Å². The second-order valence-corrected chi connectivity index (χ2v) is 5.05. The molecule has 0 aromatic heterocycles. The molecule has 1 rings (SSSR count). The number of nitrogens with zero attached hydrogens (tertiary/aromatic N) is 1. The Morgan fingerprint density at radius 1 is 1.38 bits per heavy atom. The van der Waals surface area contributed by atoms with Crippen LogP contribution in [0.1, 0.15) is 37.8 Å². The molecule has 0 aliphatic heterocycles. The molecule has 118 valence electrons. The lowest BCUT2D eigenvalue weighted by Crippen LogP contribution is -2.39. The fourth-order valence-corrected chi connectivity index (χ4v) is 2.06. The van der Waals surface area contributed by atoms with Crippen LogP contribution in [0.5, 0.6) is 5.75 Å². The fourth-order valence-electron chi connectivity index (χ4n) is 2.06. The first-order valence-corrected chi connectivity index (χ1v) is 7.07. The van der Waals surface area contributed by atoms with Crippen LogP contribution in [0.25, 0.3) is 0 Å². The number of ether oxygens (including phenoxy) is 1. The van der Waals surface area contributed by atoms with Crippen LogP contribution in [-0.4, -0.2) is 35.4 Å². The Hall–Kier alpha value is -1.79. The molecule has 21 heavy (non-hydrogen) atoms. The zero-order valence-electron chi connectivity index (χ0n) is 12.9. The van der Waals surface area contributed by atoms with Gasteiger partial charge in [-0.25, -0.2) is 0 Å². The highest BCUT2D eigenvalue weighted by atomic mass is 16.5. The van der Waals surface area contributed by atoms with Gasteiger partial charge in [-0.05, 0) is 30.5 Å². The SMILES string of the molecule is CCC(O)(CC)CNCc1ccc(OC)c(C(N)=NO)c1. The third kappa shape index (κ3) is 4.61. The van der Waals surface area contributed by atoms with Crippen molar-refractivity contribution in [1.82, 2.24) is 5.32 Å². The number of nitrogens with one attached hydrogen (secondary N) is 1. The fraction of sp³-hybridized carbons (Fsp3) is 0.533. The number of benzene rings is 1. The van der Waals surface area contributed by atoms with E-state index in [2.05, 4.69) is 10.5 Å². The molecule has 6 heteroatoms. The first-order chi connectivity index (χ1) is 9.99. The normalized spacial score (nSPS) is 12.5. The number of hydrogen-bond donors (Lipinski definition) is 4. The van der Waals surface area contributed by atoms with E-state index in [0.717, 1.165) is 5.56 Å². The molecule has 0 heterocycles. The minimum atomic E-state index is -0.680. The van der Waals surface area contributed by atoms with Crippen molar-refractivity contribution in [2.45, 2.75) is 38.8 Å². The third-order valence-electron chi connectivity index (χ3n) is 3.75. The van der Waals surface area contributed by atoms with Crippen LogP contribution >= 0.6 is 0 Å². The van der Waals surface area contributed by atoms with Gasteiger partial charge in [0.1, 0.15) is 5.75 Å². The summed E-state index contributed by atoms with van der Waals surface area (Å²) in [6, 6.07) is 5.48. The molecule has 0 saturated carbocycles. The predicted molar refractivity (Wildman–Crippen MR) is 82.7 cm³/mol. The maximum atomic E-state index is 10.2. The van der Waals surface area contributed by atoms with Gasteiger partial charge in [0.05, 0.1) is 18.3 Å². The molecule has 6 nitrogen and oxygen atoms in total. The van der Waals surface area contributed by atoms with Crippen molar-refractivity contribution in [3.8, 4) is 5.75 Å². The van der Waals surface area contributed by atoms with Gasteiger partial charge in [-0.1, -0.05) is 25.1 Å². The van der Waals surface area contributed by atoms with Crippen molar-refractivity contribution in [2.75, 3.05) is 13.7 Å². The summed E-state index contributed by atoms with van der Waals surface area (Å²) in [6.45, 7) is 5.03. The summed E-state index contributed by atoms with van der Waals surface area (Å²) >= 11 is 0. The van der Waals surface area contributed by atoms with Crippen LogP contribution in [0, 0.1) is 0 Å². The topological polar surface area (TPSA) is 100 Å². The molecule has 0 spiro atoms. The smallest absolute Gasteiger partial charge is 0.173 e. The molecule has 1 aromatic carbocycles. The number of nitrogens with two attached hydrogens (primary N) is 1. The highest BCUT2D eigenvalue weighted by Gasteiger charge is 2.21. The molecule has 0 saturated heterocycles. The summed E-state index contributed by atoms with van der Waals surface area (Å²) in [4.78, 5) is 0. The van der Waals surface area contributed by atoms with Crippen molar-refractivity contribution in [3.05, 3.63) is 29.3 Å². The minimum Gasteiger partial charge on any atom is -0.496 e. The van der Waals surface area contributed by atoms with Crippen molar-refractivity contribution in [1.29, 1.82) is 0 Å². The van der Waals surface area contributed by atoms with Crippen molar-refractivity contribution in [3.63, 3.8) is 0 Å². The average molecular weight is 295 g/mol. The minimum absolute atomic E-state index is 0.00678. The standard InChI is InChI=1S/C15H25N3O3/c1-4-15(19,5-2)10-17-9-11-6-7-13(21-3)12(8-11)14(16)18-20/h6-8,17,19-20H,4-5,9-10H2,1-3H3,(H2,16,18). The van der Waals surface area contributed by atoms with E-state index < -0.39 is 5.60 Å².